The molecule has 1 aromatic rings. The number of amides is 1. The molecule has 0 saturated heterocycles. The average Bonchev–Trinajstić information content (AvgIpc) is 2.62. The Bertz CT molecular complexity index is 538. The fourth-order valence-corrected chi connectivity index (χ4v) is 3.00. The van der Waals surface area contributed by atoms with Crippen LogP contribution in [0.2, 0.25) is 0 Å². The van der Waals surface area contributed by atoms with Gasteiger partial charge in [0.2, 0.25) is 5.91 Å². The molecule has 0 fully saturated rings. The SMILES string of the molecule is CCc1c(C)sc(NC(=O)C(C)(C)C)c1C(=O)OC(C)C. The molecule has 1 aromatic heterocycles. The van der Waals surface area contributed by atoms with Crippen LogP contribution in [-0.2, 0) is 16.0 Å². The van der Waals surface area contributed by atoms with E-state index in [0.717, 1.165) is 16.9 Å². The normalized spacial score (nSPS) is 11.6. The van der Waals surface area contributed by atoms with Crippen LogP contribution in [0.1, 0.15) is 62.3 Å². The van der Waals surface area contributed by atoms with Gasteiger partial charge in [-0.3, -0.25) is 4.79 Å². The number of thiophene rings is 1. The Labute approximate surface area is 130 Å². The highest BCUT2D eigenvalue weighted by molar-refractivity contribution is 7.16. The highest BCUT2D eigenvalue weighted by Gasteiger charge is 2.27. The lowest BCUT2D eigenvalue weighted by molar-refractivity contribution is -0.123. The molecular formula is C16H25NO3S. The minimum Gasteiger partial charge on any atom is -0.459 e. The van der Waals surface area contributed by atoms with Gasteiger partial charge in [-0.15, -0.1) is 11.3 Å². The van der Waals surface area contributed by atoms with Crippen LogP contribution < -0.4 is 5.32 Å². The van der Waals surface area contributed by atoms with Crippen molar-refractivity contribution >= 4 is 28.2 Å². The van der Waals surface area contributed by atoms with Gasteiger partial charge >= 0.3 is 5.97 Å². The Morgan fingerprint density at radius 2 is 1.86 bits per heavy atom. The Balaban J connectivity index is 3.21. The van der Waals surface area contributed by atoms with Crippen molar-refractivity contribution in [1.82, 2.24) is 0 Å². The van der Waals surface area contributed by atoms with Crippen LogP contribution in [0.3, 0.4) is 0 Å². The molecule has 21 heavy (non-hydrogen) atoms. The Morgan fingerprint density at radius 3 is 2.29 bits per heavy atom. The Kier molecular flexibility index (Phi) is 5.56. The van der Waals surface area contributed by atoms with Gasteiger partial charge in [0.1, 0.15) is 5.00 Å². The lowest BCUT2D eigenvalue weighted by Crippen LogP contribution is -2.28. The predicted molar refractivity (Wildman–Crippen MR) is 87.1 cm³/mol. The minimum absolute atomic E-state index is 0.106. The number of hydrogen-bond donors (Lipinski definition) is 1. The first-order valence-electron chi connectivity index (χ1n) is 7.22. The number of esters is 1. The second-order valence-electron chi connectivity index (χ2n) is 6.35. The van der Waals surface area contributed by atoms with E-state index in [2.05, 4.69) is 5.32 Å². The third-order valence-corrected chi connectivity index (χ3v) is 4.08. The maximum atomic E-state index is 12.3. The van der Waals surface area contributed by atoms with Crippen LogP contribution in [0.25, 0.3) is 0 Å². The molecule has 0 aromatic carbocycles. The summed E-state index contributed by atoms with van der Waals surface area (Å²) in [6, 6.07) is 0. The molecule has 0 bridgehead atoms. The summed E-state index contributed by atoms with van der Waals surface area (Å²) >= 11 is 1.43. The van der Waals surface area contributed by atoms with Crippen molar-refractivity contribution in [3.05, 3.63) is 16.0 Å². The molecule has 5 heteroatoms. The average molecular weight is 311 g/mol. The van der Waals surface area contributed by atoms with E-state index < -0.39 is 5.41 Å². The zero-order valence-corrected chi connectivity index (χ0v) is 14.7. The molecule has 0 unspecified atom stereocenters. The summed E-state index contributed by atoms with van der Waals surface area (Å²) in [6.07, 6.45) is 0.546. The molecule has 1 amide bonds. The first-order valence-corrected chi connectivity index (χ1v) is 8.04. The summed E-state index contributed by atoms with van der Waals surface area (Å²) in [4.78, 5) is 25.6. The van der Waals surface area contributed by atoms with Gasteiger partial charge in [-0.1, -0.05) is 27.7 Å². The van der Waals surface area contributed by atoms with Gasteiger partial charge < -0.3 is 10.1 Å². The fraction of sp³-hybridized carbons (Fsp3) is 0.625. The molecule has 0 atom stereocenters. The summed E-state index contributed by atoms with van der Waals surface area (Å²) in [6.45, 7) is 13.1. The molecule has 0 aliphatic rings. The standard InChI is InChI=1S/C16H25NO3S/c1-8-11-10(4)21-13(17-15(19)16(5,6)7)12(11)14(18)20-9(2)3/h9H,8H2,1-7H3,(H,17,19). The number of hydrogen-bond acceptors (Lipinski definition) is 4. The Morgan fingerprint density at radius 1 is 1.29 bits per heavy atom. The van der Waals surface area contributed by atoms with E-state index >= 15 is 0 Å². The van der Waals surface area contributed by atoms with E-state index in [4.69, 9.17) is 4.74 Å². The first kappa shape index (κ1) is 17.7. The van der Waals surface area contributed by atoms with Crippen LogP contribution in [0.4, 0.5) is 5.00 Å². The highest BCUT2D eigenvalue weighted by Crippen LogP contribution is 2.35. The van der Waals surface area contributed by atoms with Crippen molar-refractivity contribution in [2.45, 2.75) is 61.0 Å². The minimum atomic E-state index is -0.510. The zero-order chi connectivity index (χ0) is 16.4. The molecule has 0 saturated carbocycles. The third-order valence-electron chi connectivity index (χ3n) is 3.02. The molecule has 0 spiro atoms. The summed E-state index contributed by atoms with van der Waals surface area (Å²) in [5.41, 5.74) is 0.949. The van der Waals surface area contributed by atoms with Gasteiger partial charge in [0.25, 0.3) is 0 Å². The highest BCUT2D eigenvalue weighted by atomic mass is 32.1. The zero-order valence-electron chi connectivity index (χ0n) is 13.9. The third kappa shape index (κ3) is 4.30. The van der Waals surface area contributed by atoms with E-state index in [0.29, 0.717) is 10.6 Å². The van der Waals surface area contributed by atoms with Crippen LogP contribution in [-0.4, -0.2) is 18.0 Å². The summed E-state index contributed by atoms with van der Waals surface area (Å²) in [5.74, 6) is -0.472. The van der Waals surface area contributed by atoms with Gasteiger partial charge in [0.05, 0.1) is 11.7 Å². The molecule has 118 valence electrons. The number of carbonyl (C=O) groups is 2. The van der Waals surface area contributed by atoms with E-state index in [1.54, 1.807) is 0 Å². The molecule has 1 N–H and O–H groups in total. The topological polar surface area (TPSA) is 55.4 Å². The molecule has 0 aliphatic carbocycles. The smallest absolute Gasteiger partial charge is 0.341 e. The van der Waals surface area contributed by atoms with Crippen LogP contribution >= 0.6 is 11.3 Å². The largest absolute Gasteiger partial charge is 0.459 e. The van der Waals surface area contributed by atoms with Crippen molar-refractivity contribution in [3.8, 4) is 0 Å². The van der Waals surface area contributed by atoms with E-state index in [1.165, 1.54) is 11.3 Å². The lowest BCUT2D eigenvalue weighted by Gasteiger charge is -2.18. The number of nitrogens with one attached hydrogen (secondary N) is 1. The first-order chi connectivity index (χ1) is 9.57. The molecular weight excluding hydrogens is 286 g/mol. The van der Waals surface area contributed by atoms with Crippen molar-refractivity contribution in [2.24, 2.45) is 5.41 Å². The lowest BCUT2D eigenvalue weighted by atomic mass is 9.95. The van der Waals surface area contributed by atoms with Crippen molar-refractivity contribution in [2.75, 3.05) is 5.32 Å². The van der Waals surface area contributed by atoms with E-state index in [1.807, 2.05) is 48.5 Å². The number of ether oxygens (including phenoxy) is 1. The maximum absolute atomic E-state index is 12.3. The van der Waals surface area contributed by atoms with Gasteiger partial charge in [-0.05, 0) is 32.8 Å². The van der Waals surface area contributed by atoms with Gasteiger partial charge in [-0.2, -0.15) is 0 Å². The number of rotatable bonds is 4. The molecule has 0 aliphatic heterocycles. The molecule has 4 nitrogen and oxygen atoms in total. The van der Waals surface area contributed by atoms with Crippen molar-refractivity contribution in [3.63, 3.8) is 0 Å². The monoisotopic (exact) mass is 311 g/mol. The van der Waals surface area contributed by atoms with Crippen LogP contribution in [0.15, 0.2) is 0 Å². The van der Waals surface area contributed by atoms with Crippen molar-refractivity contribution < 1.29 is 14.3 Å². The van der Waals surface area contributed by atoms with Gasteiger partial charge in [0, 0.05) is 10.3 Å². The molecule has 1 rings (SSSR count). The number of aryl methyl sites for hydroxylation is 1. The predicted octanol–water partition coefficient (Wildman–Crippen LogP) is 4.17. The Hall–Kier alpha value is -1.36. The summed E-state index contributed by atoms with van der Waals surface area (Å²) in [7, 11) is 0. The summed E-state index contributed by atoms with van der Waals surface area (Å²) in [5, 5.41) is 3.47. The van der Waals surface area contributed by atoms with Gasteiger partial charge in [-0.25, -0.2) is 4.79 Å². The number of anilines is 1. The molecule has 1 heterocycles. The summed E-state index contributed by atoms with van der Waals surface area (Å²) < 4.78 is 5.32. The maximum Gasteiger partial charge on any atom is 0.341 e. The number of carbonyl (C=O) groups excluding carboxylic acids is 2. The van der Waals surface area contributed by atoms with E-state index in [9.17, 15) is 9.59 Å². The fourth-order valence-electron chi connectivity index (χ4n) is 1.87. The van der Waals surface area contributed by atoms with Crippen LogP contribution in [0, 0.1) is 12.3 Å². The second kappa shape index (κ2) is 6.60. The van der Waals surface area contributed by atoms with Gasteiger partial charge in [0.15, 0.2) is 0 Å². The van der Waals surface area contributed by atoms with Crippen molar-refractivity contribution in [1.29, 1.82) is 0 Å². The quantitative estimate of drug-likeness (QED) is 0.849. The van der Waals surface area contributed by atoms with E-state index in [-0.39, 0.29) is 18.0 Å². The second-order valence-corrected chi connectivity index (χ2v) is 7.58. The van der Waals surface area contributed by atoms with Crippen LogP contribution in [0.5, 0.6) is 0 Å². The molecule has 0 radical (unpaired) electrons.